The van der Waals surface area contributed by atoms with Crippen molar-refractivity contribution in [3.8, 4) is 11.5 Å². The molecule has 2 heterocycles. The van der Waals surface area contributed by atoms with E-state index in [1.807, 2.05) is 0 Å². The van der Waals surface area contributed by atoms with Gasteiger partial charge in [0.05, 0.1) is 6.54 Å². The van der Waals surface area contributed by atoms with Gasteiger partial charge in [-0.1, -0.05) is 6.07 Å². The summed E-state index contributed by atoms with van der Waals surface area (Å²) in [5, 5.41) is 22.9. The Hall–Kier alpha value is -2.48. The number of hydrogen-bond acceptors (Lipinski definition) is 5. The molecule has 1 aromatic heterocycles. The number of carboxylic acid groups (broad SMARTS) is 1. The number of carboxylic acids is 1. The number of carbonyl (C=O) groups is 1. The minimum absolute atomic E-state index is 0.0169. The van der Waals surface area contributed by atoms with Crippen molar-refractivity contribution in [1.29, 1.82) is 0 Å². The van der Waals surface area contributed by atoms with E-state index >= 15 is 0 Å². The molecule has 1 aliphatic rings. The fraction of sp³-hybridized carbons (Fsp3) is 0.167. The lowest BCUT2D eigenvalue weighted by atomic mass is 9.90. The molecular formula is C12H11BN2O5. The Balaban J connectivity index is 2.06. The molecule has 1 aliphatic heterocycles. The summed E-state index contributed by atoms with van der Waals surface area (Å²) in [5.41, 5.74) is 0.509. The van der Waals surface area contributed by atoms with Gasteiger partial charge in [0.2, 0.25) is 0 Å². The van der Waals surface area contributed by atoms with E-state index in [1.165, 1.54) is 0 Å². The summed E-state index contributed by atoms with van der Waals surface area (Å²) in [4.78, 5) is 11.5. The maximum atomic E-state index is 11.5. The maximum Gasteiger partial charge on any atom is 0.563 e. The summed E-state index contributed by atoms with van der Waals surface area (Å²) in [6.07, 6.45) is 3.35. The van der Waals surface area contributed by atoms with Crippen LogP contribution in [0, 0.1) is 0 Å². The minimum atomic E-state index is -1.17. The Morgan fingerprint density at radius 3 is 3.05 bits per heavy atom. The van der Waals surface area contributed by atoms with Crippen molar-refractivity contribution in [2.24, 2.45) is 0 Å². The van der Waals surface area contributed by atoms with Gasteiger partial charge in [-0.3, -0.25) is 4.68 Å². The Kier molecular flexibility index (Phi) is 3.07. The third kappa shape index (κ3) is 2.21. The van der Waals surface area contributed by atoms with Crippen molar-refractivity contribution in [3.63, 3.8) is 0 Å². The first-order valence-corrected chi connectivity index (χ1v) is 5.99. The van der Waals surface area contributed by atoms with E-state index in [2.05, 4.69) is 5.10 Å². The van der Waals surface area contributed by atoms with Crippen molar-refractivity contribution in [3.05, 3.63) is 41.7 Å². The van der Waals surface area contributed by atoms with Gasteiger partial charge in [-0.15, -0.1) is 0 Å². The molecule has 0 bridgehead atoms. The number of ether oxygens (including phenoxy) is 1. The molecule has 0 unspecified atom stereocenters. The highest BCUT2D eigenvalue weighted by Crippen LogP contribution is 2.36. The van der Waals surface area contributed by atoms with Gasteiger partial charge >= 0.3 is 13.1 Å². The van der Waals surface area contributed by atoms with E-state index < -0.39 is 13.1 Å². The molecular weight excluding hydrogens is 263 g/mol. The molecule has 102 valence electrons. The molecule has 0 fully saturated rings. The van der Waals surface area contributed by atoms with E-state index in [4.69, 9.17) is 9.39 Å². The van der Waals surface area contributed by atoms with Crippen LogP contribution in [0.4, 0.5) is 0 Å². The van der Waals surface area contributed by atoms with Gasteiger partial charge < -0.3 is 19.5 Å². The molecule has 0 spiro atoms. The molecule has 0 radical (unpaired) electrons. The molecule has 1 aromatic carbocycles. The average molecular weight is 274 g/mol. The molecule has 0 atom stereocenters. The quantitative estimate of drug-likeness (QED) is 0.788. The van der Waals surface area contributed by atoms with Gasteiger partial charge in [-0.2, -0.15) is 5.10 Å². The van der Waals surface area contributed by atoms with E-state index in [1.54, 1.807) is 35.3 Å². The number of aromatic carboxylic acids is 1. The van der Waals surface area contributed by atoms with Crippen LogP contribution in [-0.2, 0) is 6.54 Å². The summed E-state index contributed by atoms with van der Waals surface area (Å²) >= 11 is 0. The normalized spacial score (nSPS) is 13.3. The van der Waals surface area contributed by atoms with Crippen molar-refractivity contribution in [2.45, 2.75) is 6.54 Å². The fourth-order valence-electron chi connectivity index (χ4n) is 2.10. The van der Waals surface area contributed by atoms with Gasteiger partial charge in [-0.25, -0.2) is 4.79 Å². The van der Waals surface area contributed by atoms with Crippen LogP contribution in [-0.4, -0.2) is 39.5 Å². The first kappa shape index (κ1) is 12.6. The maximum absolute atomic E-state index is 11.5. The fourth-order valence-corrected chi connectivity index (χ4v) is 2.10. The van der Waals surface area contributed by atoms with Gasteiger partial charge in [0, 0.05) is 12.4 Å². The van der Waals surface area contributed by atoms with Crippen LogP contribution in [0.15, 0.2) is 30.6 Å². The first-order valence-electron chi connectivity index (χ1n) is 5.99. The van der Waals surface area contributed by atoms with Gasteiger partial charge in [0.1, 0.15) is 12.1 Å². The third-order valence-electron chi connectivity index (χ3n) is 2.95. The van der Waals surface area contributed by atoms with Crippen LogP contribution in [0.2, 0.25) is 0 Å². The first-order chi connectivity index (χ1) is 9.65. The second-order valence-electron chi connectivity index (χ2n) is 4.32. The highest BCUT2D eigenvalue weighted by molar-refractivity contribution is 6.44. The highest BCUT2D eigenvalue weighted by Gasteiger charge is 2.30. The van der Waals surface area contributed by atoms with Crippen LogP contribution >= 0.6 is 0 Å². The smallest absolute Gasteiger partial charge is 0.531 e. The standard InChI is InChI=1S/C12H11BN2O5/c16-12(17)10-8(6-15-5-1-4-14-15)2-3-9-11(10)20-13(18)7-19-9/h1-5,18H,6-7H2,(H,16,17). The number of aromatic nitrogens is 2. The van der Waals surface area contributed by atoms with Gasteiger partial charge in [0.25, 0.3) is 0 Å². The predicted molar refractivity (Wildman–Crippen MR) is 68.8 cm³/mol. The molecule has 0 saturated carbocycles. The SMILES string of the molecule is O=C(O)c1c(Cn2cccn2)ccc2c1OB(O)CO2. The summed E-state index contributed by atoms with van der Waals surface area (Å²) < 4.78 is 12.1. The van der Waals surface area contributed by atoms with Gasteiger partial charge in [0.15, 0.2) is 11.5 Å². The zero-order chi connectivity index (χ0) is 14.1. The third-order valence-corrected chi connectivity index (χ3v) is 2.95. The summed E-state index contributed by atoms with van der Waals surface area (Å²) in [5.74, 6) is -0.764. The largest absolute Gasteiger partial charge is 0.563 e. The number of fused-ring (bicyclic) bond motifs is 1. The van der Waals surface area contributed by atoms with E-state index in [0.717, 1.165) is 0 Å². The second kappa shape index (κ2) is 4.89. The molecule has 7 nitrogen and oxygen atoms in total. The van der Waals surface area contributed by atoms with Crippen LogP contribution in [0.25, 0.3) is 0 Å². The van der Waals surface area contributed by atoms with Crippen LogP contribution in [0.3, 0.4) is 0 Å². The summed E-state index contributed by atoms with van der Waals surface area (Å²) in [6.45, 7) is 0.270. The lowest BCUT2D eigenvalue weighted by Crippen LogP contribution is -2.35. The summed E-state index contributed by atoms with van der Waals surface area (Å²) in [6, 6.07) is 5.04. The number of rotatable bonds is 3. The monoisotopic (exact) mass is 274 g/mol. The van der Waals surface area contributed by atoms with Crippen molar-refractivity contribution < 1.29 is 24.3 Å². The topological polar surface area (TPSA) is 93.8 Å². The zero-order valence-electron chi connectivity index (χ0n) is 10.4. The minimum Gasteiger partial charge on any atom is -0.531 e. The Morgan fingerprint density at radius 1 is 1.50 bits per heavy atom. The molecule has 8 heteroatoms. The molecule has 0 amide bonds. The molecule has 2 N–H and O–H groups in total. The predicted octanol–water partition coefficient (Wildman–Crippen LogP) is 0.420. The molecule has 3 rings (SSSR count). The van der Waals surface area contributed by atoms with Gasteiger partial charge in [-0.05, 0) is 17.7 Å². The Bertz CT molecular complexity index is 644. The number of nitrogens with zero attached hydrogens (tertiary/aromatic N) is 2. The molecule has 2 aromatic rings. The van der Waals surface area contributed by atoms with Crippen molar-refractivity contribution in [2.75, 3.05) is 6.51 Å². The average Bonchev–Trinajstić information content (AvgIpc) is 2.90. The summed E-state index contributed by atoms with van der Waals surface area (Å²) in [7, 11) is -1.17. The van der Waals surface area contributed by atoms with Crippen molar-refractivity contribution >= 4 is 13.1 Å². The Morgan fingerprint density at radius 2 is 2.35 bits per heavy atom. The number of benzene rings is 1. The van der Waals surface area contributed by atoms with E-state index in [-0.39, 0.29) is 17.8 Å². The highest BCUT2D eigenvalue weighted by atomic mass is 16.6. The van der Waals surface area contributed by atoms with E-state index in [0.29, 0.717) is 17.9 Å². The van der Waals surface area contributed by atoms with E-state index in [9.17, 15) is 14.9 Å². The van der Waals surface area contributed by atoms with Crippen LogP contribution in [0.1, 0.15) is 15.9 Å². The van der Waals surface area contributed by atoms with Crippen molar-refractivity contribution in [1.82, 2.24) is 9.78 Å². The second-order valence-corrected chi connectivity index (χ2v) is 4.32. The van der Waals surface area contributed by atoms with Crippen LogP contribution in [0.5, 0.6) is 11.5 Å². The number of hydrogen-bond donors (Lipinski definition) is 2. The molecule has 0 aliphatic carbocycles. The Labute approximate surface area is 114 Å². The zero-order valence-corrected chi connectivity index (χ0v) is 10.4. The van der Waals surface area contributed by atoms with Crippen LogP contribution < -0.4 is 9.39 Å². The lowest BCUT2D eigenvalue weighted by Gasteiger charge is -2.23. The molecule has 0 saturated heterocycles. The lowest BCUT2D eigenvalue weighted by molar-refractivity contribution is 0.0691. The molecule has 20 heavy (non-hydrogen) atoms.